The third-order valence-corrected chi connectivity index (χ3v) is 9.28. The number of hydrogen-bond acceptors (Lipinski definition) is 5. The van der Waals surface area contributed by atoms with Gasteiger partial charge in [0.25, 0.3) is 0 Å². The molecule has 1 aliphatic rings. The molecular weight excluding hydrogens is 543 g/mol. The third kappa shape index (κ3) is 6.87. The Morgan fingerprint density at radius 1 is 0.683 bits per heavy atom. The molecule has 206 valence electrons. The van der Waals surface area contributed by atoms with Gasteiger partial charge in [0.05, 0.1) is 23.9 Å². The zero-order chi connectivity index (χ0) is 27.7. The molecule has 1 aliphatic heterocycles. The van der Waals surface area contributed by atoms with Crippen LogP contribution in [0.15, 0.2) is 131 Å². The average molecular weight is 576 g/mol. The normalized spacial score (nSPS) is 13.8. The van der Waals surface area contributed by atoms with Crippen molar-refractivity contribution in [2.24, 2.45) is 0 Å². The van der Waals surface area contributed by atoms with Gasteiger partial charge in [-0.25, -0.2) is 0 Å². The SMILES string of the molecule is C(/C=C/c1sc2ccccc2c1CCCOc1ccccc1)=C1/Sc2ccccc2N1CCCOc1ccccc1. The van der Waals surface area contributed by atoms with Crippen LogP contribution in [0.1, 0.15) is 23.3 Å². The summed E-state index contributed by atoms with van der Waals surface area (Å²) < 4.78 is 13.3. The van der Waals surface area contributed by atoms with Gasteiger partial charge in [0.15, 0.2) is 0 Å². The molecule has 1 aromatic heterocycles. The average Bonchev–Trinajstić information content (AvgIpc) is 3.56. The molecular formula is C36H33NO2S2. The lowest BCUT2D eigenvalue weighted by Crippen LogP contribution is -2.20. The Hall–Kier alpha value is -3.93. The van der Waals surface area contributed by atoms with E-state index in [0.717, 1.165) is 37.3 Å². The van der Waals surface area contributed by atoms with Crippen LogP contribution in [0.5, 0.6) is 11.5 Å². The van der Waals surface area contributed by atoms with E-state index in [0.29, 0.717) is 13.2 Å². The molecule has 41 heavy (non-hydrogen) atoms. The van der Waals surface area contributed by atoms with E-state index in [9.17, 15) is 0 Å². The largest absolute Gasteiger partial charge is 0.494 e. The van der Waals surface area contributed by atoms with E-state index in [2.05, 4.69) is 71.7 Å². The highest BCUT2D eigenvalue weighted by Crippen LogP contribution is 2.46. The van der Waals surface area contributed by atoms with Crippen LogP contribution in [0.25, 0.3) is 16.2 Å². The van der Waals surface area contributed by atoms with Crippen LogP contribution < -0.4 is 14.4 Å². The van der Waals surface area contributed by atoms with Crippen molar-refractivity contribution in [2.45, 2.75) is 24.2 Å². The summed E-state index contributed by atoms with van der Waals surface area (Å²) in [6, 6.07) is 37.5. The van der Waals surface area contributed by atoms with E-state index in [1.807, 2.05) is 83.8 Å². The molecule has 0 aliphatic carbocycles. The fourth-order valence-electron chi connectivity index (χ4n) is 5.02. The number of para-hydroxylation sites is 3. The first-order chi connectivity index (χ1) is 20.3. The van der Waals surface area contributed by atoms with Crippen LogP contribution in [0.2, 0.25) is 0 Å². The summed E-state index contributed by atoms with van der Waals surface area (Å²) in [5.74, 6) is 1.86. The summed E-state index contributed by atoms with van der Waals surface area (Å²) in [5, 5.41) is 2.60. The zero-order valence-corrected chi connectivity index (χ0v) is 24.6. The molecule has 2 heterocycles. The summed E-state index contributed by atoms with van der Waals surface area (Å²) in [7, 11) is 0. The van der Waals surface area contributed by atoms with Gasteiger partial charge in [-0.15, -0.1) is 11.3 Å². The Morgan fingerprint density at radius 2 is 1.34 bits per heavy atom. The summed E-state index contributed by atoms with van der Waals surface area (Å²) in [6.07, 6.45) is 9.66. The lowest BCUT2D eigenvalue weighted by atomic mass is 10.1. The number of anilines is 1. The van der Waals surface area contributed by atoms with E-state index in [1.54, 1.807) is 0 Å². The third-order valence-electron chi connectivity index (χ3n) is 6.97. The van der Waals surface area contributed by atoms with Crippen molar-refractivity contribution >= 4 is 44.9 Å². The van der Waals surface area contributed by atoms with Gasteiger partial charge in [0.1, 0.15) is 11.5 Å². The molecule has 0 unspecified atom stereocenters. The smallest absolute Gasteiger partial charge is 0.119 e. The minimum Gasteiger partial charge on any atom is -0.494 e. The van der Waals surface area contributed by atoms with Gasteiger partial charge in [0, 0.05) is 21.0 Å². The topological polar surface area (TPSA) is 21.7 Å². The van der Waals surface area contributed by atoms with Crippen LogP contribution in [0.3, 0.4) is 0 Å². The van der Waals surface area contributed by atoms with Gasteiger partial charge in [-0.3, -0.25) is 0 Å². The predicted molar refractivity (Wildman–Crippen MR) is 175 cm³/mol. The summed E-state index contributed by atoms with van der Waals surface area (Å²) >= 11 is 3.71. The monoisotopic (exact) mass is 575 g/mol. The summed E-state index contributed by atoms with van der Waals surface area (Å²) in [6.45, 7) is 2.31. The van der Waals surface area contributed by atoms with Crippen molar-refractivity contribution in [3.8, 4) is 11.5 Å². The highest BCUT2D eigenvalue weighted by molar-refractivity contribution is 8.03. The maximum atomic E-state index is 5.97. The molecule has 0 fully saturated rings. The van der Waals surface area contributed by atoms with Crippen molar-refractivity contribution in [1.82, 2.24) is 0 Å². The van der Waals surface area contributed by atoms with Crippen molar-refractivity contribution in [1.29, 1.82) is 0 Å². The molecule has 0 bridgehead atoms. The Labute approximate surface area is 250 Å². The number of allylic oxidation sites excluding steroid dienone is 2. The number of thioether (sulfide) groups is 1. The minimum absolute atomic E-state index is 0.690. The molecule has 0 radical (unpaired) electrons. The lowest BCUT2D eigenvalue weighted by molar-refractivity contribution is 0.311. The Kier molecular flexibility index (Phi) is 9.05. The second-order valence-electron chi connectivity index (χ2n) is 9.81. The molecule has 0 saturated heterocycles. The highest BCUT2D eigenvalue weighted by atomic mass is 32.2. The number of rotatable bonds is 12. The molecule has 4 aromatic carbocycles. The number of aryl methyl sites for hydroxylation is 1. The first-order valence-corrected chi connectivity index (χ1v) is 15.8. The van der Waals surface area contributed by atoms with Crippen molar-refractivity contribution in [3.63, 3.8) is 0 Å². The van der Waals surface area contributed by atoms with Crippen LogP contribution in [0, 0.1) is 0 Å². The quantitative estimate of drug-likeness (QED) is 0.138. The molecule has 0 N–H and O–H groups in total. The molecule has 0 atom stereocenters. The molecule has 5 aromatic rings. The second kappa shape index (κ2) is 13.6. The van der Waals surface area contributed by atoms with E-state index < -0.39 is 0 Å². The van der Waals surface area contributed by atoms with Crippen LogP contribution in [-0.2, 0) is 6.42 Å². The van der Waals surface area contributed by atoms with E-state index in [-0.39, 0.29) is 0 Å². The number of fused-ring (bicyclic) bond motifs is 2. The lowest BCUT2D eigenvalue weighted by Gasteiger charge is -2.20. The van der Waals surface area contributed by atoms with E-state index in [4.69, 9.17) is 9.47 Å². The number of benzene rings is 4. The van der Waals surface area contributed by atoms with Gasteiger partial charge in [0.2, 0.25) is 0 Å². The molecule has 3 nitrogen and oxygen atoms in total. The molecule has 0 saturated carbocycles. The molecule has 0 spiro atoms. The predicted octanol–water partition coefficient (Wildman–Crippen LogP) is 9.85. The van der Waals surface area contributed by atoms with Crippen LogP contribution >= 0.6 is 23.1 Å². The van der Waals surface area contributed by atoms with E-state index >= 15 is 0 Å². The second-order valence-corrected chi connectivity index (χ2v) is 12.0. The minimum atomic E-state index is 0.690. The maximum absolute atomic E-state index is 5.97. The fourth-order valence-corrected chi connectivity index (χ4v) is 7.29. The zero-order valence-electron chi connectivity index (χ0n) is 22.9. The van der Waals surface area contributed by atoms with Gasteiger partial charge in [-0.2, -0.15) is 0 Å². The highest BCUT2D eigenvalue weighted by Gasteiger charge is 2.23. The fraction of sp³-hybridized carbons (Fsp3) is 0.167. The first-order valence-electron chi connectivity index (χ1n) is 14.1. The van der Waals surface area contributed by atoms with Gasteiger partial charge in [-0.05, 0) is 84.8 Å². The van der Waals surface area contributed by atoms with Crippen molar-refractivity contribution < 1.29 is 9.47 Å². The first kappa shape index (κ1) is 27.3. The Balaban J connectivity index is 1.14. The van der Waals surface area contributed by atoms with Crippen LogP contribution in [0.4, 0.5) is 5.69 Å². The summed E-state index contributed by atoms with van der Waals surface area (Å²) in [5.41, 5.74) is 2.69. The molecule has 6 rings (SSSR count). The van der Waals surface area contributed by atoms with Gasteiger partial charge >= 0.3 is 0 Å². The number of nitrogens with zero attached hydrogens (tertiary/aromatic N) is 1. The number of ether oxygens (including phenoxy) is 2. The molecule has 5 heteroatoms. The summed E-state index contributed by atoms with van der Waals surface area (Å²) in [4.78, 5) is 5.05. The maximum Gasteiger partial charge on any atom is 0.119 e. The van der Waals surface area contributed by atoms with Crippen molar-refractivity contribution in [3.05, 3.63) is 137 Å². The van der Waals surface area contributed by atoms with Crippen LogP contribution in [-0.4, -0.2) is 19.8 Å². The number of hydrogen-bond donors (Lipinski definition) is 0. The molecule has 0 amide bonds. The Morgan fingerprint density at radius 3 is 2.12 bits per heavy atom. The van der Waals surface area contributed by atoms with Gasteiger partial charge in [-0.1, -0.05) is 84.6 Å². The van der Waals surface area contributed by atoms with Gasteiger partial charge < -0.3 is 14.4 Å². The standard InChI is InChI=1S/C36H33NO2S2/c1-3-14-28(15-4-1)38-26-12-19-31-30-18-7-9-21-33(30)40-34(31)23-11-24-36-37(32-20-8-10-22-35(32)41-36)25-13-27-39-29-16-5-2-6-17-29/h1-11,14-18,20-24H,12-13,19,25-27H2/b23-11+,36-24-. The number of thiophene rings is 1. The Bertz CT molecular complexity index is 1630. The van der Waals surface area contributed by atoms with Crippen molar-refractivity contribution in [2.75, 3.05) is 24.7 Å². The van der Waals surface area contributed by atoms with E-state index in [1.165, 1.54) is 36.1 Å².